The predicted molar refractivity (Wildman–Crippen MR) is 102 cm³/mol. The van der Waals surface area contributed by atoms with Crippen molar-refractivity contribution in [1.82, 2.24) is 24.4 Å². The average Bonchev–Trinajstić information content (AvgIpc) is 3.30. The predicted octanol–water partition coefficient (Wildman–Crippen LogP) is 3.05. The van der Waals surface area contributed by atoms with Gasteiger partial charge in [-0.2, -0.15) is 0 Å². The number of hydrogen-bond acceptors (Lipinski definition) is 4. The van der Waals surface area contributed by atoms with Crippen LogP contribution in [0.4, 0.5) is 0 Å². The molecule has 0 amide bonds. The topological polar surface area (TPSA) is 56.9 Å². The van der Waals surface area contributed by atoms with E-state index < -0.39 is 0 Å². The second-order valence-corrected chi connectivity index (χ2v) is 7.06. The molecule has 1 aliphatic rings. The Morgan fingerprint density at radius 3 is 2.92 bits per heavy atom. The molecule has 1 N–H and O–H groups in total. The molecule has 0 radical (unpaired) electrons. The molecule has 3 aromatic rings. The van der Waals surface area contributed by atoms with Crippen molar-refractivity contribution in [2.24, 2.45) is 13.0 Å². The van der Waals surface area contributed by atoms with Crippen LogP contribution in [0.5, 0.6) is 0 Å². The van der Waals surface area contributed by atoms with E-state index >= 15 is 0 Å². The first-order valence-electron chi connectivity index (χ1n) is 9.48. The lowest BCUT2D eigenvalue weighted by atomic mass is 9.91. The Balaban J connectivity index is 1.55. The Morgan fingerprint density at radius 2 is 2.12 bits per heavy atom. The SMILES string of the molecule is CCn1ccnc1[C@H](NCc1ccc2c(c1)ncn2C)C1CCOCC1. The standard InChI is InChI=1S/C20H27N5O/c1-3-25-9-8-21-20(25)19(16-6-10-26-11-7-16)22-13-15-4-5-18-17(12-15)23-14-24(18)2/h4-5,8-9,12,14,16,19,22H,3,6-7,10-11,13H2,1-2H3/t19-/m1/s1. The summed E-state index contributed by atoms with van der Waals surface area (Å²) in [5.41, 5.74) is 3.46. The molecule has 1 atom stereocenters. The molecule has 26 heavy (non-hydrogen) atoms. The fourth-order valence-corrected chi connectivity index (χ4v) is 3.90. The van der Waals surface area contributed by atoms with Gasteiger partial charge in [-0.3, -0.25) is 0 Å². The lowest BCUT2D eigenvalue weighted by Gasteiger charge is -2.31. The summed E-state index contributed by atoms with van der Waals surface area (Å²) in [6, 6.07) is 6.75. The molecule has 0 saturated carbocycles. The Labute approximate surface area is 154 Å². The highest BCUT2D eigenvalue weighted by Gasteiger charge is 2.28. The molecule has 4 rings (SSSR count). The van der Waals surface area contributed by atoms with Crippen LogP contribution in [0.2, 0.25) is 0 Å². The monoisotopic (exact) mass is 353 g/mol. The van der Waals surface area contributed by atoms with Crippen molar-refractivity contribution in [3.8, 4) is 0 Å². The first kappa shape index (κ1) is 17.2. The van der Waals surface area contributed by atoms with E-state index in [2.05, 4.69) is 55.7 Å². The highest BCUT2D eigenvalue weighted by atomic mass is 16.5. The van der Waals surface area contributed by atoms with Gasteiger partial charge in [-0.05, 0) is 43.4 Å². The summed E-state index contributed by atoms with van der Waals surface area (Å²) in [4.78, 5) is 9.15. The number of rotatable bonds is 6. The minimum absolute atomic E-state index is 0.244. The maximum atomic E-state index is 5.57. The van der Waals surface area contributed by atoms with E-state index in [1.54, 1.807) is 0 Å². The van der Waals surface area contributed by atoms with Gasteiger partial charge < -0.3 is 19.2 Å². The molecule has 1 fully saturated rings. The molecule has 1 aliphatic heterocycles. The van der Waals surface area contributed by atoms with E-state index in [0.29, 0.717) is 5.92 Å². The maximum absolute atomic E-state index is 5.57. The van der Waals surface area contributed by atoms with Crippen molar-refractivity contribution >= 4 is 11.0 Å². The van der Waals surface area contributed by atoms with Gasteiger partial charge in [0.25, 0.3) is 0 Å². The summed E-state index contributed by atoms with van der Waals surface area (Å²) in [6.07, 6.45) is 8.00. The van der Waals surface area contributed by atoms with Crippen LogP contribution in [-0.4, -0.2) is 32.3 Å². The third-order valence-corrected chi connectivity index (χ3v) is 5.42. The van der Waals surface area contributed by atoms with Crippen LogP contribution in [0.3, 0.4) is 0 Å². The van der Waals surface area contributed by atoms with Gasteiger partial charge in [0.05, 0.1) is 23.4 Å². The van der Waals surface area contributed by atoms with Crippen LogP contribution >= 0.6 is 0 Å². The number of benzene rings is 1. The fraction of sp³-hybridized carbons (Fsp3) is 0.500. The van der Waals surface area contributed by atoms with Crippen molar-refractivity contribution in [2.75, 3.05) is 13.2 Å². The van der Waals surface area contributed by atoms with E-state index in [9.17, 15) is 0 Å². The Hall–Kier alpha value is -2.18. The molecule has 6 nitrogen and oxygen atoms in total. The van der Waals surface area contributed by atoms with Gasteiger partial charge in [-0.25, -0.2) is 9.97 Å². The number of imidazole rings is 2. The van der Waals surface area contributed by atoms with Crippen LogP contribution in [-0.2, 0) is 24.9 Å². The van der Waals surface area contributed by atoms with Gasteiger partial charge >= 0.3 is 0 Å². The zero-order valence-electron chi connectivity index (χ0n) is 15.6. The van der Waals surface area contributed by atoms with Crippen molar-refractivity contribution < 1.29 is 4.74 Å². The summed E-state index contributed by atoms with van der Waals surface area (Å²) >= 11 is 0. The Bertz CT molecular complexity index is 862. The van der Waals surface area contributed by atoms with Gasteiger partial charge in [0.15, 0.2) is 0 Å². The Morgan fingerprint density at radius 1 is 1.27 bits per heavy atom. The molecule has 6 heteroatoms. The lowest BCUT2D eigenvalue weighted by molar-refractivity contribution is 0.0517. The normalized spacial score (nSPS) is 17.0. The highest BCUT2D eigenvalue weighted by Crippen LogP contribution is 2.30. The summed E-state index contributed by atoms with van der Waals surface area (Å²) in [5.74, 6) is 1.69. The summed E-state index contributed by atoms with van der Waals surface area (Å²) in [7, 11) is 2.03. The molecular weight excluding hydrogens is 326 g/mol. The number of nitrogens with zero attached hydrogens (tertiary/aromatic N) is 4. The van der Waals surface area contributed by atoms with Crippen LogP contribution in [0, 0.1) is 5.92 Å². The second kappa shape index (κ2) is 7.60. The van der Waals surface area contributed by atoms with E-state index in [0.717, 1.165) is 56.0 Å². The largest absolute Gasteiger partial charge is 0.381 e. The van der Waals surface area contributed by atoms with E-state index in [1.807, 2.05) is 19.6 Å². The van der Waals surface area contributed by atoms with Gasteiger partial charge in [0, 0.05) is 45.7 Å². The lowest BCUT2D eigenvalue weighted by Crippen LogP contribution is -2.33. The Kier molecular flexibility index (Phi) is 5.04. The van der Waals surface area contributed by atoms with Gasteiger partial charge in [-0.15, -0.1) is 0 Å². The van der Waals surface area contributed by atoms with Gasteiger partial charge in [0.1, 0.15) is 5.82 Å². The summed E-state index contributed by atoms with van der Waals surface area (Å²) in [6.45, 7) is 5.61. The van der Waals surface area contributed by atoms with Crippen LogP contribution in [0.25, 0.3) is 11.0 Å². The van der Waals surface area contributed by atoms with Crippen molar-refractivity contribution in [1.29, 1.82) is 0 Å². The number of aryl methyl sites for hydroxylation is 2. The number of ether oxygens (including phenoxy) is 1. The molecule has 0 spiro atoms. The van der Waals surface area contributed by atoms with Gasteiger partial charge in [0.2, 0.25) is 0 Å². The first-order valence-corrected chi connectivity index (χ1v) is 9.48. The smallest absolute Gasteiger partial charge is 0.126 e. The summed E-state index contributed by atoms with van der Waals surface area (Å²) in [5, 5.41) is 3.78. The highest BCUT2D eigenvalue weighted by molar-refractivity contribution is 5.75. The third kappa shape index (κ3) is 3.39. The van der Waals surface area contributed by atoms with Crippen LogP contribution < -0.4 is 5.32 Å². The molecule has 1 saturated heterocycles. The molecule has 3 heterocycles. The fourth-order valence-electron chi connectivity index (χ4n) is 3.90. The second-order valence-electron chi connectivity index (χ2n) is 7.06. The minimum atomic E-state index is 0.244. The molecular formula is C20H27N5O. The zero-order valence-corrected chi connectivity index (χ0v) is 15.6. The van der Waals surface area contributed by atoms with Crippen molar-refractivity contribution in [3.05, 3.63) is 48.3 Å². The maximum Gasteiger partial charge on any atom is 0.126 e. The van der Waals surface area contributed by atoms with Crippen molar-refractivity contribution in [2.45, 2.75) is 38.9 Å². The molecule has 1 aromatic carbocycles. The molecule has 0 unspecified atom stereocenters. The molecule has 0 aliphatic carbocycles. The van der Waals surface area contributed by atoms with Crippen LogP contribution in [0.1, 0.15) is 37.2 Å². The third-order valence-electron chi connectivity index (χ3n) is 5.42. The zero-order chi connectivity index (χ0) is 17.9. The molecule has 2 aromatic heterocycles. The number of fused-ring (bicyclic) bond motifs is 1. The number of hydrogen-bond donors (Lipinski definition) is 1. The average molecular weight is 353 g/mol. The van der Waals surface area contributed by atoms with Crippen molar-refractivity contribution in [3.63, 3.8) is 0 Å². The van der Waals surface area contributed by atoms with E-state index in [1.165, 1.54) is 5.56 Å². The quantitative estimate of drug-likeness (QED) is 0.740. The first-order chi connectivity index (χ1) is 12.8. The van der Waals surface area contributed by atoms with Gasteiger partial charge in [-0.1, -0.05) is 6.07 Å². The molecule has 138 valence electrons. The summed E-state index contributed by atoms with van der Waals surface area (Å²) < 4.78 is 9.87. The van der Waals surface area contributed by atoms with E-state index in [4.69, 9.17) is 4.74 Å². The minimum Gasteiger partial charge on any atom is -0.381 e. The number of aromatic nitrogens is 4. The van der Waals surface area contributed by atoms with Crippen LogP contribution in [0.15, 0.2) is 36.9 Å². The van der Waals surface area contributed by atoms with E-state index in [-0.39, 0.29) is 6.04 Å². The number of nitrogens with one attached hydrogen (secondary N) is 1. The molecule has 0 bridgehead atoms.